The molecule has 0 saturated heterocycles. The van der Waals surface area contributed by atoms with Crippen molar-refractivity contribution in [2.24, 2.45) is 9.98 Å². The zero-order valence-corrected chi connectivity index (χ0v) is 15.2. The van der Waals surface area contributed by atoms with Gasteiger partial charge in [0.2, 0.25) is 0 Å². The number of rotatable bonds is 4. The van der Waals surface area contributed by atoms with E-state index in [0.29, 0.717) is 22.8 Å². The Kier molecular flexibility index (Phi) is 6.54. The molecule has 2 N–H and O–H groups in total. The topological polar surface area (TPSA) is 91.0 Å². The van der Waals surface area contributed by atoms with Crippen LogP contribution in [0.5, 0.6) is 11.5 Å². The van der Waals surface area contributed by atoms with E-state index in [-0.39, 0.29) is 32.6 Å². The van der Waals surface area contributed by atoms with Gasteiger partial charge in [0.1, 0.15) is 11.5 Å². The van der Waals surface area contributed by atoms with E-state index in [1.165, 1.54) is 24.8 Å². The van der Waals surface area contributed by atoms with Crippen molar-refractivity contribution in [3.8, 4) is 11.5 Å². The zero-order valence-electron chi connectivity index (χ0n) is 12.9. The predicted molar refractivity (Wildman–Crippen MR) is 92.8 cm³/mol. The van der Waals surface area contributed by atoms with Crippen LogP contribution in [0.2, 0.25) is 0 Å². The Morgan fingerprint density at radius 3 is 1.48 bits per heavy atom. The summed E-state index contributed by atoms with van der Waals surface area (Å²) in [5, 5.41) is 19.5. The van der Waals surface area contributed by atoms with Crippen LogP contribution in [0, 0.1) is 0 Å². The number of hydrogen-bond donors (Lipinski definition) is 2. The van der Waals surface area contributed by atoms with E-state index in [1.807, 2.05) is 0 Å². The van der Waals surface area contributed by atoms with Gasteiger partial charge in [-0.15, -0.1) is 0 Å². The Labute approximate surface area is 158 Å². The van der Waals surface area contributed by atoms with E-state index in [1.54, 1.807) is 48.5 Å². The Hall–Kier alpha value is -2.85. The van der Waals surface area contributed by atoms with Gasteiger partial charge in [-0.1, -0.05) is 24.3 Å². The number of nitrogens with zero attached hydrogens (tertiary/aromatic N) is 4. The van der Waals surface area contributed by atoms with Crippen molar-refractivity contribution < 1.29 is 31.3 Å². The van der Waals surface area contributed by atoms with Gasteiger partial charge in [-0.05, 0) is 24.3 Å². The maximum absolute atomic E-state index is 9.76. The van der Waals surface area contributed by atoms with E-state index in [0.717, 1.165) is 0 Å². The summed E-state index contributed by atoms with van der Waals surface area (Å²) in [5.41, 5.74) is 1.14. The number of phenols is 2. The standard InChI is InChI=1S/C18H14N4O2.Pt/c23-15-7-3-1-5-13(15)11-21-17-18(20-10-9-19-17)22-12-14-6-2-4-8-16(14)24;/h1-12,23-24H;. The Morgan fingerprint density at radius 2 is 1.08 bits per heavy atom. The van der Waals surface area contributed by atoms with Gasteiger partial charge in [-0.2, -0.15) is 0 Å². The molecule has 0 atom stereocenters. The van der Waals surface area contributed by atoms with Crippen molar-refractivity contribution in [1.82, 2.24) is 9.97 Å². The number of aromatic hydroxyl groups is 2. The molecule has 0 radical (unpaired) electrons. The van der Waals surface area contributed by atoms with Crippen molar-refractivity contribution in [1.29, 1.82) is 0 Å². The summed E-state index contributed by atoms with van der Waals surface area (Å²) in [5.74, 6) is 0.883. The minimum Gasteiger partial charge on any atom is -0.507 e. The molecule has 0 aliphatic heterocycles. The van der Waals surface area contributed by atoms with Gasteiger partial charge in [0, 0.05) is 57.0 Å². The number of phenolic OH excluding ortho intramolecular Hbond substituents is 2. The fourth-order valence-electron chi connectivity index (χ4n) is 1.96. The number of aliphatic imine (C=N–C) groups is 2. The fourth-order valence-corrected chi connectivity index (χ4v) is 1.96. The van der Waals surface area contributed by atoms with Crippen LogP contribution in [0.15, 0.2) is 70.9 Å². The molecule has 0 saturated carbocycles. The van der Waals surface area contributed by atoms with E-state index >= 15 is 0 Å². The average Bonchev–Trinajstić information content (AvgIpc) is 2.61. The van der Waals surface area contributed by atoms with Gasteiger partial charge in [0.05, 0.1) is 0 Å². The van der Waals surface area contributed by atoms with Gasteiger partial charge >= 0.3 is 0 Å². The Morgan fingerprint density at radius 1 is 0.680 bits per heavy atom. The van der Waals surface area contributed by atoms with Crippen LogP contribution in [0.3, 0.4) is 0 Å². The van der Waals surface area contributed by atoms with Crippen molar-refractivity contribution in [2.75, 3.05) is 0 Å². The molecule has 6 nitrogen and oxygen atoms in total. The molecule has 0 aliphatic rings. The Bertz CT molecular complexity index is 838. The molecule has 7 heteroatoms. The molecule has 128 valence electrons. The molecule has 1 aromatic heterocycles. The van der Waals surface area contributed by atoms with Crippen LogP contribution in [0.1, 0.15) is 11.1 Å². The molecule has 0 amide bonds. The van der Waals surface area contributed by atoms with E-state index in [9.17, 15) is 10.2 Å². The van der Waals surface area contributed by atoms with Crippen LogP contribution in [-0.4, -0.2) is 32.6 Å². The smallest absolute Gasteiger partial charge is 0.197 e. The number of aromatic nitrogens is 2. The van der Waals surface area contributed by atoms with Gasteiger partial charge in [0.25, 0.3) is 0 Å². The molecule has 3 rings (SSSR count). The second-order valence-electron chi connectivity index (χ2n) is 4.84. The van der Waals surface area contributed by atoms with Crippen LogP contribution < -0.4 is 0 Å². The summed E-state index contributed by atoms with van der Waals surface area (Å²) in [6.45, 7) is 0. The SMILES string of the molecule is Oc1ccccc1C=Nc1nccnc1N=Cc1ccccc1O.[Pt]. The van der Waals surface area contributed by atoms with Crippen molar-refractivity contribution in [2.45, 2.75) is 0 Å². The second kappa shape index (κ2) is 8.85. The quantitative estimate of drug-likeness (QED) is 0.524. The van der Waals surface area contributed by atoms with Crippen LogP contribution in [0.4, 0.5) is 11.6 Å². The normalized spacial score (nSPS) is 10.9. The monoisotopic (exact) mass is 513 g/mol. The molecule has 0 fully saturated rings. The first kappa shape index (κ1) is 18.5. The minimum absolute atomic E-state index is 0. The first-order valence-corrected chi connectivity index (χ1v) is 7.19. The first-order valence-electron chi connectivity index (χ1n) is 7.19. The molecule has 25 heavy (non-hydrogen) atoms. The number of hydrogen-bond acceptors (Lipinski definition) is 6. The summed E-state index contributed by atoms with van der Waals surface area (Å²) >= 11 is 0. The zero-order chi connectivity index (χ0) is 16.8. The second-order valence-corrected chi connectivity index (χ2v) is 4.84. The predicted octanol–water partition coefficient (Wildman–Crippen LogP) is 3.39. The maximum Gasteiger partial charge on any atom is 0.197 e. The van der Waals surface area contributed by atoms with Gasteiger partial charge in [0.15, 0.2) is 11.6 Å². The summed E-state index contributed by atoms with van der Waals surface area (Å²) < 4.78 is 0. The van der Waals surface area contributed by atoms with E-state index in [4.69, 9.17) is 0 Å². The third-order valence-corrected chi connectivity index (χ3v) is 3.19. The largest absolute Gasteiger partial charge is 0.507 e. The third kappa shape index (κ3) is 4.81. The van der Waals surface area contributed by atoms with Crippen LogP contribution in [-0.2, 0) is 21.1 Å². The van der Waals surface area contributed by atoms with Crippen LogP contribution in [0.25, 0.3) is 0 Å². The van der Waals surface area contributed by atoms with Crippen LogP contribution >= 0.6 is 0 Å². The summed E-state index contributed by atoms with van der Waals surface area (Å²) in [6.07, 6.45) is 6.02. The maximum atomic E-state index is 9.76. The fraction of sp³-hybridized carbons (Fsp3) is 0. The molecule has 0 bridgehead atoms. The molecule has 1 heterocycles. The summed E-state index contributed by atoms with van der Waals surface area (Å²) in [7, 11) is 0. The molecular weight excluding hydrogens is 499 g/mol. The van der Waals surface area contributed by atoms with Gasteiger partial charge < -0.3 is 10.2 Å². The first-order chi connectivity index (χ1) is 11.7. The summed E-state index contributed by atoms with van der Waals surface area (Å²) in [6, 6.07) is 13.7. The van der Waals surface area contributed by atoms with E-state index < -0.39 is 0 Å². The van der Waals surface area contributed by atoms with Crippen molar-refractivity contribution in [3.05, 3.63) is 72.1 Å². The molecule has 0 aliphatic carbocycles. The van der Waals surface area contributed by atoms with Crippen molar-refractivity contribution >= 4 is 24.1 Å². The number of benzene rings is 2. The molecule has 0 unspecified atom stereocenters. The molecule has 0 spiro atoms. The van der Waals surface area contributed by atoms with Gasteiger partial charge in [-0.25, -0.2) is 20.0 Å². The molecule has 3 aromatic rings. The summed E-state index contributed by atoms with van der Waals surface area (Å²) in [4.78, 5) is 16.8. The Balaban J connectivity index is 0.00000225. The van der Waals surface area contributed by atoms with E-state index in [2.05, 4.69) is 20.0 Å². The number of para-hydroxylation sites is 2. The molecule has 2 aromatic carbocycles. The minimum atomic E-state index is 0. The molecular formula is C18H14N4O2Pt. The van der Waals surface area contributed by atoms with Crippen molar-refractivity contribution in [3.63, 3.8) is 0 Å². The average molecular weight is 513 g/mol. The third-order valence-electron chi connectivity index (χ3n) is 3.19. The van der Waals surface area contributed by atoms with Gasteiger partial charge in [-0.3, -0.25) is 0 Å².